The molecule has 0 saturated heterocycles. The standard InChI is InChI=1S/C12H14BrNS/c13-11-6-2-3-7-12(11)15-10-14-8-4-1-5-9-14/h1-4,6-7H,5,8-10H2. The molecule has 1 aromatic carbocycles. The molecule has 0 aliphatic carbocycles. The Bertz CT molecular complexity index is 351. The number of halogens is 1. The van der Waals surface area contributed by atoms with Crippen LogP contribution in [-0.2, 0) is 0 Å². The predicted molar refractivity (Wildman–Crippen MR) is 70.2 cm³/mol. The van der Waals surface area contributed by atoms with E-state index in [9.17, 15) is 0 Å². The molecule has 1 heterocycles. The van der Waals surface area contributed by atoms with E-state index in [1.54, 1.807) is 0 Å². The maximum absolute atomic E-state index is 3.57. The van der Waals surface area contributed by atoms with Gasteiger partial charge in [-0.15, -0.1) is 11.8 Å². The maximum atomic E-state index is 3.57. The van der Waals surface area contributed by atoms with Crippen molar-refractivity contribution in [3.63, 3.8) is 0 Å². The highest BCUT2D eigenvalue weighted by Crippen LogP contribution is 2.27. The van der Waals surface area contributed by atoms with Gasteiger partial charge in [-0.2, -0.15) is 0 Å². The Morgan fingerprint density at radius 2 is 2.13 bits per heavy atom. The molecule has 15 heavy (non-hydrogen) atoms. The summed E-state index contributed by atoms with van der Waals surface area (Å²) in [4.78, 5) is 3.79. The Morgan fingerprint density at radius 1 is 1.27 bits per heavy atom. The summed E-state index contributed by atoms with van der Waals surface area (Å²) in [5.74, 6) is 1.08. The van der Waals surface area contributed by atoms with Crippen LogP contribution >= 0.6 is 27.7 Å². The zero-order valence-corrected chi connectivity index (χ0v) is 10.9. The van der Waals surface area contributed by atoms with Crippen LogP contribution in [0.15, 0.2) is 45.8 Å². The van der Waals surface area contributed by atoms with E-state index in [4.69, 9.17) is 0 Å². The second-order valence-electron chi connectivity index (χ2n) is 3.54. The molecule has 1 aliphatic heterocycles. The Kier molecular flexibility index (Phi) is 4.29. The van der Waals surface area contributed by atoms with Gasteiger partial charge in [-0.3, -0.25) is 4.90 Å². The fraction of sp³-hybridized carbons (Fsp3) is 0.333. The first-order chi connectivity index (χ1) is 7.36. The van der Waals surface area contributed by atoms with Crippen LogP contribution in [0, 0.1) is 0 Å². The number of rotatable bonds is 3. The minimum absolute atomic E-state index is 1.08. The lowest BCUT2D eigenvalue weighted by Crippen LogP contribution is -2.26. The molecule has 0 saturated carbocycles. The Morgan fingerprint density at radius 3 is 2.87 bits per heavy atom. The van der Waals surface area contributed by atoms with Crippen molar-refractivity contribution < 1.29 is 0 Å². The zero-order chi connectivity index (χ0) is 10.5. The average Bonchev–Trinajstić information content (AvgIpc) is 2.29. The molecule has 1 aromatic rings. The third-order valence-electron chi connectivity index (χ3n) is 2.38. The SMILES string of the molecule is Brc1ccccc1SCN1CC=CCC1. The molecule has 0 radical (unpaired) electrons. The number of hydrogen-bond acceptors (Lipinski definition) is 2. The van der Waals surface area contributed by atoms with Crippen molar-refractivity contribution in [2.45, 2.75) is 11.3 Å². The van der Waals surface area contributed by atoms with Crippen molar-refractivity contribution in [1.82, 2.24) is 4.90 Å². The van der Waals surface area contributed by atoms with Crippen LogP contribution in [0.25, 0.3) is 0 Å². The van der Waals surface area contributed by atoms with Crippen molar-refractivity contribution >= 4 is 27.7 Å². The van der Waals surface area contributed by atoms with E-state index < -0.39 is 0 Å². The van der Waals surface area contributed by atoms with Crippen LogP contribution in [0.2, 0.25) is 0 Å². The monoisotopic (exact) mass is 283 g/mol. The minimum Gasteiger partial charge on any atom is -0.290 e. The largest absolute Gasteiger partial charge is 0.290 e. The molecule has 0 spiro atoms. The highest BCUT2D eigenvalue weighted by Gasteiger charge is 2.07. The van der Waals surface area contributed by atoms with E-state index in [-0.39, 0.29) is 0 Å². The van der Waals surface area contributed by atoms with Gasteiger partial charge in [0.15, 0.2) is 0 Å². The summed E-state index contributed by atoms with van der Waals surface area (Å²) in [6.45, 7) is 2.28. The molecule has 1 aliphatic rings. The summed E-state index contributed by atoms with van der Waals surface area (Å²) >= 11 is 5.47. The second-order valence-corrected chi connectivity index (χ2v) is 5.38. The second kappa shape index (κ2) is 5.73. The number of nitrogens with zero attached hydrogens (tertiary/aromatic N) is 1. The molecule has 0 fully saturated rings. The van der Waals surface area contributed by atoms with Gasteiger partial charge in [-0.25, -0.2) is 0 Å². The Hall–Kier alpha value is -0.250. The van der Waals surface area contributed by atoms with Crippen molar-refractivity contribution in [1.29, 1.82) is 0 Å². The summed E-state index contributed by atoms with van der Waals surface area (Å²) in [6, 6.07) is 8.40. The Labute approximate surface area is 104 Å². The fourth-order valence-electron chi connectivity index (χ4n) is 1.53. The van der Waals surface area contributed by atoms with Crippen LogP contribution in [-0.4, -0.2) is 23.9 Å². The molecular weight excluding hydrogens is 270 g/mol. The first-order valence-electron chi connectivity index (χ1n) is 5.11. The van der Waals surface area contributed by atoms with Gasteiger partial charge in [-0.05, 0) is 34.5 Å². The summed E-state index contributed by atoms with van der Waals surface area (Å²) in [7, 11) is 0. The molecule has 3 heteroatoms. The van der Waals surface area contributed by atoms with Crippen molar-refractivity contribution in [3.8, 4) is 0 Å². The van der Waals surface area contributed by atoms with Crippen LogP contribution in [0.3, 0.4) is 0 Å². The first-order valence-corrected chi connectivity index (χ1v) is 6.89. The molecule has 80 valence electrons. The molecular formula is C12H14BrNS. The van der Waals surface area contributed by atoms with Gasteiger partial charge in [0.25, 0.3) is 0 Å². The van der Waals surface area contributed by atoms with Crippen molar-refractivity contribution in [3.05, 3.63) is 40.9 Å². The van der Waals surface area contributed by atoms with Crippen LogP contribution in [0.4, 0.5) is 0 Å². The minimum atomic E-state index is 1.08. The lowest BCUT2D eigenvalue weighted by Gasteiger charge is -2.22. The molecule has 0 unspecified atom stereocenters. The van der Waals surface area contributed by atoms with Crippen molar-refractivity contribution in [2.24, 2.45) is 0 Å². The van der Waals surface area contributed by atoms with Gasteiger partial charge in [0.2, 0.25) is 0 Å². The lowest BCUT2D eigenvalue weighted by atomic mass is 10.3. The van der Waals surface area contributed by atoms with E-state index in [0.717, 1.165) is 12.4 Å². The quantitative estimate of drug-likeness (QED) is 0.614. The number of hydrogen-bond donors (Lipinski definition) is 0. The van der Waals surface area contributed by atoms with Crippen LogP contribution < -0.4 is 0 Å². The predicted octanol–water partition coefficient (Wildman–Crippen LogP) is 3.76. The molecule has 0 atom stereocenters. The van der Waals surface area contributed by atoms with Crippen LogP contribution in [0.5, 0.6) is 0 Å². The average molecular weight is 284 g/mol. The summed E-state index contributed by atoms with van der Waals surface area (Å²) in [6.07, 6.45) is 5.71. The molecule has 0 aromatic heterocycles. The topological polar surface area (TPSA) is 3.24 Å². The highest BCUT2D eigenvalue weighted by atomic mass is 79.9. The van der Waals surface area contributed by atoms with Gasteiger partial charge >= 0.3 is 0 Å². The maximum Gasteiger partial charge on any atom is 0.0495 e. The summed E-state index contributed by atoms with van der Waals surface area (Å²) in [5, 5.41) is 0. The van der Waals surface area contributed by atoms with Gasteiger partial charge < -0.3 is 0 Å². The van der Waals surface area contributed by atoms with E-state index in [1.165, 1.54) is 22.3 Å². The third-order valence-corrected chi connectivity index (χ3v) is 4.50. The van der Waals surface area contributed by atoms with E-state index >= 15 is 0 Å². The van der Waals surface area contributed by atoms with Gasteiger partial charge in [0.1, 0.15) is 0 Å². The fourth-order valence-corrected chi connectivity index (χ4v) is 3.09. The molecule has 0 N–H and O–H groups in total. The molecule has 2 rings (SSSR count). The third kappa shape index (κ3) is 3.37. The molecule has 0 bridgehead atoms. The molecule has 0 amide bonds. The van der Waals surface area contributed by atoms with Gasteiger partial charge in [0, 0.05) is 28.3 Å². The normalized spacial score (nSPS) is 16.9. The van der Waals surface area contributed by atoms with E-state index in [0.29, 0.717) is 0 Å². The van der Waals surface area contributed by atoms with Gasteiger partial charge in [0.05, 0.1) is 0 Å². The van der Waals surface area contributed by atoms with Crippen molar-refractivity contribution in [2.75, 3.05) is 19.0 Å². The van der Waals surface area contributed by atoms with E-state index in [1.807, 2.05) is 11.8 Å². The summed E-state index contributed by atoms with van der Waals surface area (Å²) in [5.41, 5.74) is 0. The summed E-state index contributed by atoms with van der Waals surface area (Å²) < 4.78 is 1.20. The van der Waals surface area contributed by atoms with Gasteiger partial charge in [-0.1, -0.05) is 24.3 Å². The number of benzene rings is 1. The first kappa shape index (κ1) is 11.2. The smallest absolute Gasteiger partial charge is 0.0495 e. The van der Waals surface area contributed by atoms with E-state index in [2.05, 4.69) is 57.2 Å². The Balaban J connectivity index is 1.87. The highest BCUT2D eigenvalue weighted by molar-refractivity contribution is 9.10. The zero-order valence-electron chi connectivity index (χ0n) is 8.53. The lowest BCUT2D eigenvalue weighted by molar-refractivity contribution is 0.351. The number of thioether (sulfide) groups is 1. The molecule has 1 nitrogen and oxygen atoms in total. The van der Waals surface area contributed by atoms with Crippen LogP contribution in [0.1, 0.15) is 6.42 Å².